The Hall–Kier alpha value is -0.580. The maximum Gasteiger partial charge on any atom is 0.119 e. The minimum atomic E-state index is 0.259. The third-order valence-corrected chi connectivity index (χ3v) is 5.31. The number of nitrogens with two attached hydrogens (primary N) is 1. The second-order valence-electron chi connectivity index (χ2n) is 5.88. The second kappa shape index (κ2) is 6.92. The van der Waals surface area contributed by atoms with Gasteiger partial charge in [0.1, 0.15) is 5.75 Å². The van der Waals surface area contributed by atoms with Crippen LogP contribution in [0.4, 0.5) is 0 Å². The first kappa shape index (κ1) is 15.8. The first-order valence-electron chi connectivity index (χ1n) is 7.34. The van der Waals surface area contributed by atoms with Crippen molar-refractivity contribution in [1.29, 1.82) is 0 Å². The number of ether oxygens (including phenoxy) is 1. The van der Waals surface area contributed by atoms with Gasteiger partial charge in [-0.15, -0.1) is 0 Å². The van der Waals surface area contributed by atoms with Crippen molar-refractivity contribution in [2.75, 3.05) is 26.7 Å². The molecule has 2 rings (SSSR count). The molecule has 1 aliphatic heterocycles. The molecular weight excluding hydrogens is 316 g/mol. The Balaban J connectivity index is 2.23. The van der Waals surface area contributed by atoms with E-state index in [1.807, 2.05) is 12.1 Å². The molecule has 112 valence electrons. The van der Waals surface area contributed by atoms with Gasteiger partial charge in [0.05, 0.1) is 7.11 Å². The Morgan fingerprint density at radius 3 is 2.75 bits per heavy atom. The minimum absolute atomic E-state index is 0.259. The Labute approximate surface area is 130 Å². The smallest absolute Gasteiger partial charge is 0.119 e. The maximum absolute atomic E-state index is 6.07. The van der Waals surface area contributed by atoms with Crippen molar-refractivity contribution in [3.8, 4) is 5.75 Å². The number of benzene rings is 1. The fourth-order valence-corrected chi connectivity index (χ4v) is 3.47. The standard InChI is InChI=1S/C16H25BrN2O/c1-11-6-7-19(10-12(11)2)16(9-18)14-8-13(20-3)4-5-15(14)17/h4-5,8,11-12,16H,6-7,9-10,18H2,1-3H3. The highest BCUT2D eigenvalue weighted by Gasteiger charge is 2.29. The third kappa shape index (κ3) is 3.35. The maximum atomic E-state index is 6.07. The van der Waals surface area contributed by atoms with E-state index >= 15 is 0 Å². The Morgan fingerprint density at radius 2 is 2.15 bits per heavy atom. The lowest BCUT2D eigenvalue weighted by atomic mass is 9.87. The molecule has 1 saturated heterocycles. The number of piperidine rings is 1. The zero-order valence-corrected chi connectivity index (χ0v) is 14.2. The number of nitrogens with zero attached hydrogens (tertiary/aromatic N) is 1. The molecule has 1 aromatic carbocycles. The van der Waals surface area contributed by atoms with Crippen LogP contribution >= 0.6 is 15.9 Å². The highest BCUT2D eigenvalue weighted by Crippen LogP contribution is 2.34. The predicted octanol–water partition coefficient (Wildman–Crippen LogP) is 3.44. The molecule has 1 aliphatic rings. The van der Waals surface area contributed by atoms with Crippen LogP contribution < -0.4 is 10.5 Å². The van der Waals surface area contributed by atoms with E-state index in [-0.39, 0.29) is 6.04 Å². The number of methoxy groups -OCH3 is 1. The molecule has 1 fully saturated rings. The Bertz CT molecular complexity index is 452. The molecule has 0 spiro atoms. The van der Waals surface area contributed by atoms with Gasteiger partial charge >= 0.3 is 0 Å². The van der Waals surface area contributed by atoms with Gasteiger partial charge < -0.3 is 10.5 Å². The first-order valence-corrected chi connectivity index (χ1v) is 8.13. The van der Waals surface area contributed by atoms with Crippen LogP contribution in [-0.2, 0) is 0 Å². The van der Waals surface area contributed by atoms with Crippen molar-refractivity contribution in [2.24, 2.45) is 17.6 Å². The van der Waals surface area contributed by atoms with E-state index in [2.05, 4.69) is 40.7 Å². The van der Waals surface area contributed by atoms with Gasteiger partial charge in [0, 0.05) is 23.6 Å². The van der Waals surface area contributed by atoms with Crippen LogP contribution in [0.3, 0.4) is 0 Å². The van der Waals surface area contributed by atoms with Crippen LogP contribution in [0.25, 0.3) is 0 Å². The molecule has 3 atom stereocenters. The average Bonchev–Trinajstić information content (AvgIpc) is 2.45. The van der Waals surface area contributed by atoms with Crippen LogP contribution in [-0.4, -0.2) is 31.6 Å². The lowest BCUT2D eigenvalue weighted by Crippen LogP contribution is -2.43. The van der Waals surface area contributed by atoms with Crippen LogP contribution in [0.2, 0.25) is 0 Å². The van der Waals surface area contributed by atoms with Gasteiger partial charge in [-0.3, -0.25) is 4.90 Å². The number of hydrogen-bond acceptors (Lipinski definition) is 3. The van der Waals surface area contributed by atoms with E-state index in [1.165, 1.54) is 12.0 Å². The zero-order valence-electron chi connectivity index (χ0n) is 12.6. The predicted molar refractivity (Wildman–Crippen MR) is 87.0 cm³/mol. The topological polar surface area (TPSA) is 38.5 Å². The normalized spacial score (nSPS) is 25.4. The summed E-state index contributed by atoms with van der Waals surface area (Å²) in [7, 11) is 1.70. The van der Waals surface area contributed by atoms with Crippen molar-refractivity contribution in [2.45, 2.75) is 26.3 Å². The quantitative estimate of drug-likeness (QED) is 0.912. The second-order valence-corrected chi connectivity index (χ2v) is 6.73. The fraction of sp³-hybridized carbons (Fsp3) is 0.625. The lowest BCUT2D eigenvalue weighted by molar-refractivity contribution is 0.0979. The molecule has 0 saturated carbocycles. The SMILES string of the molecule is COc1ccc(Br)c(C(CN)N2CCC(C)C(C)C2)c1. The summed E-state index contributed by atoms with van der Waals surface area (Å²) in [4.78, 5) is 2.52. The van der Waals surface area contributed by atoms with Gasteiger partial charge in [0.15, 0.2) is 0 Å². The molecule has 0 amide bonds. The van der Waals surface area contributed by atoms with Gasteiger partial charge in [0.2, 0.25) is 0 Å². The summed E-state index contributed by atoms with van der Waals surface area (Å²) in [5.41, 5.74) is 7.30. The monoisotopic (exact) mass is 340 g/mol. The molecule has 3 nitrogen and oxygen atoms in total. The summed E-state index contributed by atoms with van der Waals surface area (Å²) < 4.78 is 6.46. The summed E-state index contributed by atoms with van der Waals surface area (Å²) in [6, 6.07) is 6.38. The highest BCUT2D eigenvalue weighted by molar-refractivity contribution is 9.10. The molecule has 0 aromatic heterocycles. The van der Waals surface area contributed by atoms with E-state index in [0.29, 0.717) is 6.54 Å². The molecule has 1 heterocycles. The van der Waals surface area contributed by atoms with Crippen molar-refractivity contribution in [1.82, 2.24) is 4.90 Å². The van der Waals surface area contributed by atoms with Crippen molar-refractivity contribution >= 4 is 15.9 Å². The molecule has 1 aromatic rings. The molecule has 2 N–H and O–H groups in total. The molecule has 0 aliphatic carbocycles. The van der Waals surface area contributed by atoms with Gasteiger partial charge in [-0.25, -0.2) is 0 Å². The van der Waals surface area contributed by atoms with Crippen LogP contribution in [0, 0.1) is 11.8 Å². The summed E-state index contributed by atoms with van der Waals surface area (Å²) in [6.45, 7) is 7.56. The number of hydrogen-bond donors (Lipinski definition) is 1. The summed E-state index contributed by atoms with van der Waals surface area (Å²) >= 11 is 3.66. The number of halogens is 1. The molecular formula is C16H25BrN2O. The van der Waals surface area contributed by atoms with Gasteiger partial charge in [-0.1, -0.05) is 29.8 Å². The van der Waals surface area contributed by atoms with E-state index in [9.17, 15) is 0 Å². The van der Waals surface area contributed by atoms with Crippen molar-refractivity contribution < 1.29 is 4.74 Å². The molecule has 3 unspecified atom stereocenters. The average molecular weight is 341 g/mol. The summed E-state index contributed by atoms with van der Waals surface area (Å²) in [5, 5.41) is 0. The van der Waals surface area contributed by atoms with Crippen LogP contribution in [0.15, 0.2) is 22.7 Å². The van der Waals surface area contributed by atoms with Crippen molar-refractivity contribution in [3.05, 3.63) is 28.2 Å². The minimum Gasteiger partial charge on any atom is -0.497 e. The van der Waals surface area contributed by atoms with Crippen molar-refractivity contribution in [3.63, 3.8) is 0 Å². The number of likely N-dealkylation sites (tertiary alicyclic amines) is 1. The van der Waals surface area contributed by atoms with E-state index in [4.69, 9.17) is 10.5 Å². The highest BCUT2D eigenvalue weighted by atomic mass is 79.9. The third-order valence-electron chi connectivity index (χ3n) is 4.59. The summed E-state index contributed by atoms with van der Waals surface area (Å²) in [6.07, 6.45) is 1.25. The Morgan fingerprint density at radius 1 is 1.40 bits per heavy atom. The Kier molecular flexibility index (Phi) is 5.47. The van der Waals surface area contributed by atoms with E-state index in [0.717, 1.165) is 35.1 Å². The lowest BCUT2D eigenvalue weighted by Gasteiger charge is -2.40. The largest absolute Gasteiger partial charge is 0.497 e. The first-order chi connectivity index (χ1) is 9.56. The van der Waals surface area contributed by atoms with E-state index < -0.39 is 0 Å². The van der Waals surface area contributed by atoms with E-state index in [1.54, 1.807) is 7.11 Å². The van der Waals surface area contributed by atoms with Gasteiger partial charge in [0.25, 0.3) is 0 Å². The molecule has 20 heavy (non-hydrogen) atoms. The summed E-state index contributed by atoms with van der Waals surface area (Å²) in [5.74, 6) is 2.42. The zero-order chi connectivity index (χ0) is 14.7. The number of rotatable bonds is 4. The molecule has 0 bridgehead atoms. The fourth-order valence-electron chi connectivity index (χ4n) is 2.96. The van der Waals surface area contributed by atoms with Crippen LogP contribution in [0.1, 0.15) is 31.9 Å². The molecule has 4 heteroatoms. The van der Waals surface area contributed by atoms with Crippen LogP contribution in [0.5, 0.6) is 5.75 Å². The molecule has 0 radical (unpaired) electrons. The van der Waals surface area contributed by atoms with Gasteiger partial charge in [-0.05, 0) is 48.6 Å². The van der Waals surface area contributed by atoms with Gasteiger partial charge in [-0.2, -0.15) is 0 Å².